The van der Waals surface area contributed by atoms with Gasteiger partial charge in [0.1, 0.15) is 0 Å². The maximum absolute atomic E-state index is 4.01. The molecule has 13 heavy (non-hydrogen) atoms. The van der Waals surface area contributed by atoms with Gasteiger partial charge in [-0.3, -0.25) is 0 Å². The van der Waals surface area contributed by atoms with Crippen LogP contribution in [-0.4, -0.2) is 19.9 Å². The smallest absolute Gasteiger partial charge is 0.197 e. The monoisotopic (exact) mass is 350 g/mol. The Labute approximate surface area is 88.5 Å². The van der Waals surface area contributed by atoms with Crippen LogP contribution < -0.4 is 0 Å². The molecule has 0 fully saturated rings. The molecule has 0 N–H and O–H groups in total. The van der Waals surface area contributed by atoms with Crippen LogP contribution in [0.3, 0.4) is 0 Å². The van der Waals surface area contributed by atoms with E-state index in [9.17, 15) is 0 Å². The van der Waals surface area contributed by atoms with Crippen molar-refractivity contribution >= 4 is 0 Å². The van der Waals surface area contributed by atoms with Gasteiger partial charge < -0.3 is 0 Å². The van der Waals surface area contributed by atoms with E-state index in [0.29, 0.717) is 11.6 Å². The quantitative estimate of drug-likeness (QED) is 0.769. The van der Waals surface area contributed by atoms with E-state index in [1.165, 1.54) is 0 Å². The summed E-state index contributed by atoms with van der Waals surface area (Å²) in [7, 11) is 0. The topological polar surface area (TPSA) is 51.6 Å². The fraction of sp³-hybridized carbons (Fsp3) is 0. The summed E-state index contributed by atoms with van der Waals surface area (Å²) in [5.74, 6) is 1.11. The second-order valence-electron chi connectivity index (χ2n) is 2.14. The molecule has 0 aliphatic rings. The predicted molar refractivity (Wildman–Crippen MR) is 43.1 cm³/mol. The fourth-order valence-corrected chi connectivity index (χ4v) is 0.829. The Morgan fingerprint density at radius 3 is 1.23 bits per heavy atom. The molecule has 4 nitrogen and oxygen atoms in total. The number of nitrogens with zero attached hydrogens (tertiary/aromatic N) is 4. The molecule has 0 aliphatic heterocycles. The standard InChI is InChI=1S/C8H6N4.Os/c1-3-9-7(10-4-1)8-11-5-2-6-12-8;/h1-6H;. The summed E-state index contributed by atoms with van der Waals surface area (Å²) in [5, 5.41) is 0. The molecule has 0 amide bonds. The van der Waals surface area contributed by atoms with Gasteiger partial charge in [-0.15, -0.1) is 0 Å². The van der Waals surface area contributed by atoms with Gasteiger partial charge in [-0.1, -0.05) is 0 Å². The molecule has 0 spiro atoms. The Morgan fingerprint density at radius 1 is 0.615 bits per heavy atom. The van der Waals surface area contributed by atoms with E-state index in [1.54, 1.807) is 36.9 Å². The number of rotatable bonds is 1. The van der Waals surface area contributed by atoms with Gasteiger partial charge in [0.25, 0.3) is 0 Å². The number of hydrogen-bond acceptors (Lipinski definition) is 4. The molecule has 2 aromatic heterocycles. The molecule has 0 saturated carbocycles. The zero-order valence-electron chi connectivity index (χ0n) is 6.61. The Balaban J connectivity index is 0.000000845. The van der Waals surface area contributed by atoms with E-state index in [2.05, 4.69) is 19.9 Å². The minimum atomic E-state index is 0. The van der Waals surface area contributed by atoms with E-state index >= 15 is 0 Å². The van der Waals surface area contributed by atoms with E-state index in [1.807, 2.05) is 0 Å². The first-order valence-electron chi connectivity index (χ1n) is 3.51. The molecule has 66 valence electrons. The van der Waals surface area contributed by atoms with E-state index in [4.69, 9.17) is 0 Å². The van der Waals surface area contributed by atoms with Crippen LogP contribution in [0.1, 0.15) is 0 Å². The summed E-state index contributed by atoms with van der Waals surface area (Å²) in [6.07, 6.45) is 6.66. The van der Waals surface area contributed by atoms with Gasteiger partial charge in [0.15, 0.2) is 11.6 Å². The van der Waals surface area contributed by atoms with Gasteiger partial charge in [-0.05, 0) is 12.1 Å². The third-order valence-electron chi connectivity index (χ3n) is 1.33. The van der Waals surface area contributed by atoms with Crippen molar-refractivity contribution in [2.24, 2.45) is 0 Å². The Bertz CT molecular complexity index is 314. The minimum absolute atomic E-state index is 0. The van der Waals surface area contributed by atoms with Crippen LogP contribution >= 0.6 is 0 Å². The minimum Gasteiger partial charge on any atom is -0.234 e. The molecule has 0 aromatic carbocycles. The molecule has 2 rings (SSSR count). The molecule has 0 unspecified atom stereocenters. The average molecular weight is 348 g/mol. The maximum Gasteiger partial charge on any atom is 0.197 e. The van der Waals surface area contributed by atoms with Gasteiger partial charge in [-0.25, -0.2) is 19.9 Å². The normalized spacial score (nSPS) is 8.92. The molecule has 0 atom stereocenters. The zero-order chi connectivity index (χ0) is 8.23. The molecular weight excluding hydrogens is 342 g/mol. The van der Waals surface area contributed by atoms with Crippen molar-refractivity contribution in [2.45, 2.75) is 0 Å². The van der Waals surface area contributed by atoms with Crippen LogP contribution in [0.4, 0.5) is 0 Å². The molecule has 0 aliphatic carbocycles. The van der Waals surface area contributed by atoms with Crippen molar-refractivity contribution in [3.63, 3.8) is 0 Å². The van der Waals surface area contributed by atoms with Crippen LogP contribution in [0.25, 0.3) is 11.6 Å². The molecule has 0 radical (unpaired) electrons. The van der Waals surface area contributed by atoms with Crippen molar-refractivity contribution < 1.29 is 19.8 Å². The summed E-state index contributed by atoms with van der Waals surface area (Å²) < 4.78 is 0. The van der Waals surface area contributed by atoms with E-state index in [-0.39, 0.29) is 19.8 Å². The number of hydrogen-bond donors (Lipinski definition) is 0. The number of aromatic nitrogens is 4. The molecule has 5 heteroatoms. The molecular formula is C8H6N4Os. The van der Waals surface area contributed by atoms with Crippen molar-refractivity contribution in [3.8, 4) is 11.6 Å². The van der Waals surface area contributed by atoms with Gasteiger partial charge >= 0.3 is 0 Å². The largest absolute Gasteiger partial charge is 0.234 e. The average Bonchev–Trinajstić information content (AvgIpc) is 2.21. The Kier molecular flexibility index (Phi) is 3.60. The van der Waals surface area contributed by atoms with Gasteiger partial charge in [0.05, 0.1) is 0 Å². The van der Waals surface area contributed by atoms with E-state index < -0.39 is 0 Å². The van der Waals surface area contributed by atoms with Crippen molar-refractivity contribution in [2.75, 3.05) is 0 Å². The first-order valence-corrected chi connectivity index (χ1v) is 3.51. The first kappa shape index (κ1) is 9.88. The fourth-order valence-electron chi connectivity index (χ4n) is 0.829. The van der Waals surface area contributed by atoms with Gasteiger partial charge in [-0.2, -0.15) is 0 Å². The van der Waals surface area contributed by atoms with E-state index in [0.717, 1.165) is 0 Å². The van der Waals surface area contributed by atoms with Crippen molar-refractivity contribution in [1.29, 1.82) is 0 Å². The van der Waals surface area contributed by atoms with Crippen molar-refractivity contribution in [1.82, 2.24) is 19.9 Å². The van der Waals surface area contributed by atoms with Crippen LogP contribution in [0.15, 0.2) is 36.9 Å². The molecule has 2 aromatic rings. The summed E-state index contributed by atoms with van der Waals surface area (Å²) in [5.41, 5.74) is 0. The summed E-state index contributed by atoms with van der Waals surface area (Å²) in [4.78, 5) is 16.1. The maximum atomic E-state index is 4.01. The van der Waals surface area contributed by atoms with Gasteiger partial charge in [0.2, 0.25) is 0 Å². The molecule has 2 heterocycles. The second kappa shape index (κ2) is 4.73. The summed E-state index contributed by atoms with van der Waals surface area (Å²) in [6, 6.07) is 3.51. The van der Waals surface area contributed by atoms with Crippen molar-refractivity contribution in [3.05, 3.63) is 36.9 Å². The van der Waals surface area contributed by atoms with Crippen LogP contribution in [0.2, 0.25) is 0 Å². The zero-order valence-corrected chi connectivity index (χ0v) is 9.15. The van der Waals surface area contributed by atoms with Crippen LogP contribution in [0.5, 0.6) is 0 Å². The summed E-state index contributed by atoms with van der Waals surface area (Å²) >= 11 is 0. The predicted octanol–water partition coefficient (Wildman–Crippen LogP) is 0.931. The first-order chi connectivity index (χ1) is 5.97. The second-order valence-corrected chi connectivity index (χ2v) is 2.14. The molecule has 0 bridgehead atoms. The van der Waals surface area contributed by atoms with Crippen LogP contribution in [-0.2, 0) is 19.8 Å². The Morgan fingerprint density at radius 2 is 0.923 bits per heavy atom. The summed E-state index contributed by atoms with van der Waals surface area (Å²) in [6.45, 7) is 0. The SMILES string of the molecule is [Os].c1cnc(-c2ncccn2)nc1. The van der Waals surface area contributed by atoms with Gasteiger partial charge in [0, 0.05) is 44.6 Å². The molecule has 0 saturated heterocycles. The van der Waals surface area contributed by atoms with Crippen LogP contribution in [0, 0.1) is 0 Å². The third-order valence-corrected chi connectivity index (χ3v) is 1.33. The Hall–Kier alpha value is -1.20. The third kappa shape index (κ3) is 2.36.